The summed E-state index contributed by atoms with van der Waals surface area (Å²) in [5.74, 6) is 4.04. The summed E-state index contributed by atoms with van der Waals surface area (Å²) in [4.78, 5) is 12.5. The summed E-state index contributed by atoms with van der Waals surface area (Å²) in [5.41, 5.74) is -0.410. The second kappa shape index (κ2) is 6.04. The van der Waals surface area contributed by atoms with E-state index in [2.05, 4.69) is 0 Å². The lowest BCUT2D eigenvalue weighted by molar-refractivity contribution is -0.137. The molecular formula is C11H12F5N3O. The average molecular weight is 297 g/mol. The number of carbonyl (C=O) groups is 1. The molecular weight excluding hydrogens is 285 g/mol. The summed E-state index contributed by atoms with van der Waals surface area (Å²) in [5, 5.41) is 0. The molecule has 1 amide bonds. The molecule has 1 rings (SSSR count). The van der Waals surface area contributed by atoms with Crippen molar-refractivity contribution >= 4 is 11.6 Å². The second-order valence-corrected chi connectivity index (χ2v) is 3.95. The number of rotatable bonds is 4. The van der Waals surface area contributed by atoms with E-state index in [0.717, 1.165) is 25.2 Å². The third kappa shape index (κ3) is 3.56. The SMILES string of the molecule is CN(CC(F)F)C(=O)c1cccc(C(F)(F)F)c1NN. The van der Waals surface area contributed by atoms with Crippen molar-refractivity contribution in [3.63, 3.8) is 0 Å². The standard InChI is InChI=1S/C11H12F5N3O/c1-19(5-8(12)13)10(20)6-3-2-4-7(9(6)18-17)11(14,15)16/h2-4,8,18H,5,17H2,1H3. The Hall–Kier alpha value is -1.90. The molecule has 0 saturated heterocycles. The number of hydrazine groups is 1. The van der Waals surface area contributed by atoms with Gasteiger partial charge in [0.05, 0.1) is 23.4 Å². The molecule has 0 unspecified atom stereocenters. The van der Waals surface area contributed by atoms with Gasteiger partial charge in [0, 0.05) is 7.05 Å². The van der Waals surface area contributed by atoms with E-state index in [1.807, 2.05) is 0 Å². The van der Waals surface area contributed by atoms with Crippen molar-refractivity contribution in [1.29, 1.82) is 0 Å². The van der Waals surface area contributed by atoms with Gasteiger partial charge in [-0.05, 0) is 12.1 Å². The van der Waals surface area contributed by atoms with Gasteiger partial charge in [0.25, 0.3) is 12.3 Å². The lowest BCUT2D eigenvalue weighted by Crippen LogP contribution is -2.32. The highest BCUT2D eigenvalue weighted by molar-refractivity contribution is 6.00. The molecule has 0 spiro atoms. The van der Waals surface area contributed by atoms with E-state index in [0.29, 0.717) is 4.90 Å². The maximum atomic E-state index is 12.7. The van der Waals surface area contributed by atoms with Crippen LogP contribution in [0.2, 0.25) is 0 Å². The number of nitrogens with two attached hydrogens (primary N) is 1. The Balaban J connectivity index is 3.22. The van der Waals surface area contributed by atoms with Crippen molar-refractivity contribution < 1.29 is 26.7 Å². The normalized spacial score (nSPS) is 11.6. The van der Waals surface area contributed by atoms with Gasteiger partial charge in [-0.2, -0.15) is 13.2 Å². The Kier molecular flexibility index (Phi) is 4.88. The molecule has 112 valence electrons. The first kappa shape index (κ1) is 16.2. The Morgan fingerprint density at radius 2 is 2.00 bits per heavy atom. The van der Waals surface area contributed by atoms with Crippen LogP contribution in [0.15, 0.2) is 18.2 Å². The molecule has 0 aliphatic rings. The van der Waals surface area contributed by atoms with Crippen LogP contribution in [0.4, 0.5) is 27.6 Å². The minimum Gasteiger partial charge on any atom is -0.336 e. The van der Waals surface area contributed by atoms with Gasteiger partial charge in [0.15, 0.2) is 0 Å². The van der Waals surface area contributed by atoms with E-state index in [4.69, 9.17) is 5.84 Å². The molecule has 0 fully saturated rings. The summed E-state index contributed by atoms with van der Waals surface area (Å²) in [6.45, 7) is -0.890. The summed E-state index contributed by atoms with van der Waals surface area (Å²) in [6, 6.07) is 2.82. The van der Waals surface area contributed by atoms with Gasteiger partial charge in [-0.3, -0.25) is 10.6 Å². The van der Waals surface area contributed by atoms with Crippen LogP contribution in [0.1, 0.15) is 15.9 Å². The minimum absolute atomic E-state index is 0.425. The molecule has 4 nitrogen and oxygen atoms in total. The Bertz CT molecular complexity index is 489. The van der Waals surface area contributed by atoms with E-state index >= 15 is 0 Å². The number of nitrogens with one attached hydrogen (secondary N) is 1. The number of hydrogen-bond donors (Lipinski definition) is 2. The third-order valence-corrected chi connectivity index (χ3v) is 2.50. The Morgan fingerprint density at radius 1 is 1.40 bits per heavy atom. The minimum atomic E-state index is -4.72. The molecule has 0 atom stereocenters. The van der Waals surface area contributed by atoms with E-state index in [1.54, 1.807) is 5.43 Å². The monoisotopic (exact) mass is 297 g/mol. The van der Waals surface area contributed by atoms with Gasteiger partial charge in [-0.25, -0.2) is 8.78 Å². The molecule has 1 aromatic rings. The Labute approximate surface area is 111 Å². The number of benzene rings is 1. The van der Waals surface area contributed by atoms with Gasteiger partial charge in [0.2, 0.25) is 0 Å². The van der Waals surface area contributed by atoms with E-state index in [9.17, 15) is 26.7 Å². The summed E-state index contributed by atoms with van der Waals surface area (Å²) >= 11 is 0. The number of halogens is 5. The Morgan fingerprint density at radius 3 is 2.45 bits per heavy atom. The van der Waals surface area contributed by atoms with Crippen molar-refractivity contribution in [1.82, 2.24) is 4.90 Å². The van der Waals surface area contributed by atoms with Gasteiger partial charge in [0.1, 0.15) is 0 Å². The molecule has 0 aromatic heterocycles. The number of nitrogen functional groups attached to an aromatic ring is 1. The van der Waals surface area contributed by atoms with E-state index in [1.165, 1.54) is 0 Å². The largest absolute Gasteiger partial charge is 0.418 e. The highest BCUT2D eigenvalue weighted by atomic mass is 19.4. The zero-order valence-corrected chi connectivity index (χ0v) is 10.3. The van der Waals surface area contributed by atoms with Crippen molar-refractivity contribution in [3.05, 3.63) is 29.3 Å². The number of nitrogens with zero attached hydrogens (tertiary/aromatic N) is 1. The predicted octanol–water partition coefficient (Wildman–Crippen LogP) is 2.33. The molecule has 20 heavy (non-hydrogen) atoms. The van der Waals surface area contributed by atoms with Crippen LogP contribution in [-0.4, -0.2) is 30.8 Å². The third-order valence-electron chi connectivity index (χ3n) is 2.50. The van der Waals surface area contributed by atoms with Crippen molar-refractivity contribution in [3.8, 4) is 0 Å². The van der Waals surface area contributed by atoms with Gasteiger partial charge >= 0.3 is 6.18 Å². The van der Waals surface area contributed by atoms with Crippen molar-refractivity contribution in [2.45, 2.75) is 12.6 Å². The van der Waals surface area contributed by atoms with E-state index in [-0.39, 0.29) is 0 Å². The van der Waals surface area contributed by atoms with Crippen LogP contribution in [-0.2, 0) is 6.18 Å². The fourth-order valence-corrected chi connectivity index (χ4v) is 1.62. The molecule has 9 heteroatoms. The molecule has 3 N–H and O–H groups in total. The zero-order valence-electron chi connectivity index (χ0n) is 10.3. The van der Waals surface area contributed by atoms with Gasteiger partial charge < -0.3 is 10.3 Å². The first-order valence-corrected chi connectivity index (χ1v) is 5.39. The number of amides is 1. The summed E-state index contributed by atoms with van der Waals surface area (Å²) in [6.07, 6.45) is -7.51. The molecule has 0 heterocycles. The quantitative estimate of drug-likeness (QED) is 0.509. The van der Waals surface area contributed by atoms with Crippen LogP contribution >= 0.6 is 0 Å². The fraction of sp³-hybridized carbons (Fsp3) is 0.364. The van der Waals surface area contributed by atoms with Crippen molar-refractivity contribution in [2.75, 3.05) is 19.0 Å². The maximum absolute atomic E-state index is 12.7. The van der Waals surface area contributed by atoms with Crippen LogP contribution in [0, 0.1) is 0 Å². The van der Waals surface area contributed by atoms with Gasteiger partial charge in [-0.15, -0.1) is 0 Å². The summed E-state index contributed by atoms with van der Waals surface area (Å²) in [7, 11) is 1.06. The molecule has 0 radical (unpaired) electrons. The van der Waals surface area contributed by atoms with Crippen LogP contribution < -0.4 is 11.3 Å². The van der Waals surface area contributed by atoms with Crippen molar-refractivity contribution in [2.24, 2.45) is 5.84 Å². The number of anilines is 1. The first-order chi connectivity index (χ1) is 9.18. The van der Waals surface area contributed by atoms with E-state index < -0.39 is 41.9 Å². The van der Waals surface area contributed by atoms with Crippen LogP contribution in [0.25, 0.3) is 0 Å². The molecule has 0 saturated carbocycles. The highest BCUT2D eigenvalue weighted by Crippen LogP contribution is 2.36. The smallest absolute Gasteiger partial charge is 0.336 e. The zero-order chi connectivity index (χ0) is 15.5. The molecule has 0 bridgehead atoms. The number of hydrogen-bond acceptors (Lipinski definition) is 3. The predicted molar refractivity (Wildman–Crippen MR) is 62.2 cm³/mol. The number of para-hydroxylation sites is 1. The summed E-state index contributed by atoms with van der Waals surface area (Å²) < 4.78 is 62.6. The number of carbonyl (C=O) groups excluding carboxylic acids is 1. The lowest BCUT2D eigenvalue weighted by atomic mass is 10.1. The van der Waals surface area contributed by atoms with Crippen LogP contribution in [0.3, 0.4) is 0 Å². The maximum Gasteiger partial charge on any atom is 0.418 e. The second-order valence-electron chi connectivity index (χ2n) is 3.95. The molecule has 0 aliphatic carbocycles. The lowest BCUT2D eigenvalue weighted by Gasteiger charge is -2.20. The molecule has 1 aromatic carbocycles. The fourth-order valence-electron chi connectivity index (χ4n) is 1.62. The number of alkyl halides is 5. The topological polar surface area (TPSA) is 58.4 Å². The first-order valence-electron chi connectivity index (χ1n) is 5.39. The molecule has 0 aliphatic heterocycles. The highest BCUT2D eigenvalue weighted by Gasteiger charge is 2.35. The van der Waals surface area contributed by atoms with Gasteiger partial charge in [-0.1, -0.05) is 6.07 Å². The average Bonchev–Trinajstić information content (AvgIpc) is 2.34. The van der Waals surface area contributed by atoms with Crippen LogP contribution in [0.5, 0.6) is 0 Å².